The molecular weight excluding hydrogens is 436 g/mol. The van der Waals surface area contributed by atoms with E-state index < -0.39 is 0 Å². The summed E-state index contributed by atoms with van der Waals surface area (Å²) in [5.74, 6) is 0.803. The molecule has 0 aromatic heterocycles. The minimum absolute atomic E-state index is 0.186. The summed E-state index contributed by atoms with van der Waals surface area (Å²) in [7, 11) is 0. The third kappa shape index (κ3) is 4.97. The van der Waals surface area contributed by atoms with Crippen molar-refractivity contribution in [3.63, 3.8) is 0 Å². The minimum atomic E-state index is 0.186. The van der Waals surface area contributed by atoms with Crippen LogP contribution in [0.4, 0.5) is 0 Å². The monoisotopic (exact) mass is 468 g/mol. The molecule has 0 aliphatic heterocycles. The molecule has 0 radical (unpaired) electrons. The normalized spacial score (nSPS) is 11.1. The first kappa shape index (κ1) is 24.2. The van der Waals surface area contributed by atoms with Crippen molar-refractivity contribution in [3.8, 4) is 23.0 Å². The van der Waals surface area contributed by atoms with E-state index in [2.05, 4.69) is 0 Å². The maximum absolute atomic E-state index is 11.2. The second-order valence-electron chi connectivity index (χ2n) is 9.47. The largest absolute Gasteiger partial charge is 0.508 e. The van der Waals surface area contributed by atoms with Crippen LogP contribution >= 0.6 is 0 Å². The average molecular weight is 469 g/mol. The van der Waals surface area contributed by atoms with Gasteiger partial charge >= 0.3 is 0 Å². The first-order valence-corrected chi connectivity index (χ1v) is 11.8. The van der Waals surface area contributed by atoms with Crippen LogP contribution in [0.1, 0.15) is 55.6 Å². The number of phenolic OH excluding ortho intramolecular Hbond substituents is 4. The molecular formula is C31H32O4. The summed E-state index contributed by atoms with van der Waals surface area (Å²) in [4.78, 5) is 0. The van der Waals surface area contributed by atoms with Crippen molar-refractivity contribution in [1.29, 1.82) is 0 Å². The second-order valence-corrected chi connectivity index (χ2v) is 9.47. The van der Waals surface area contributed by atoms with Gasteiger partial charge in [0.1, 0.15) is 23.0 Å². The smallest absolute Gasteiger partial charge is 0.122 e. The van der Waals surface area contributed by atoms with Gasteiger partial charge in [-0.3, -0.25) is 0 Å². The lowest BCUT2D eigenvalue weighted by molar-refractivity contribution is 0.453. The first-order valence-electron chi connectivity index (χ1n) is 11.8. The van der Waals surface area contributed by atoms with Crippen molar-refractivity contribution >= 4 is 0 Å². The molecule has 0 fully saturated rings. The summed E-state index contributed by atoms with van der Waals surface area (Å²) in [6, 6.07) is 18.7. The Balaban J connectivity index is 1.69. The summed E-state index contributed by atoms with van der Waals surface area (Å²) in [6.45, 7) is 7.76. The lowest BCUT2D eigenvalue weighted by Crippen LogP contribution is -2.01. The Morgan fingerprint density at radius 2 is 0.971 bits per heavy atom. The molecule has 4 nitrogen and oxygen atoms in total. The Morgan fingerprint density at radius 3 is 1.51 bits per heavy atom. The fraction of sp³-hybridized carbons (Fsp3) is 0.226. The van der Waals surface area contributed by atoms with Gasteiger partial charge in [0, 0.05) is 36.0 Å². The van der Waals surface area contributed by atoms with E-state index in [-0.39, 0.29) is 23.0 Å². The molecule has 0 bridgehead atoms. The van der Waals surface area contributed by atoms with Crippen molar-refractivity contribution in [2.75, 3.05) is 0 Å². The molecule has 0 saturated heterocycles. The number of benzene rings is 4. The Kier molecular flexibility index (Phi) is 6.74. The first-order chi connectivity index (χ1) is 16.7. The molecule has 4 N–H and O–H groups in total. The highest BCUT2D eigenvalue weighted by atomic mass is 16.3. The van der Waals surface area contributed by atoms with Crippen LogP contribution in [-0.2, 0) is 19.3 Å². The minimum Gasteiger partial charge on any atom is -0.508 e. The number of rotatable bonds is 6. The SMILES string of the molecule is Cc1ccc(Cc2c(C)ccc(Cc3c(C)ccc(Cc4c(C)cccc4O)c3O)c2O)c(O)c1. The van der Waals surface area contributed by atoms with Gasteiger partial charge in [0.25, 0.3) is 0 Å². The summed E-state index contributed by atoms with van der Waals surface area (Å²) in [6.07, 6.45) is 1.19. The summed E-state index contributed by atoms with van der Waals surface area (Å²) in [5.41, 5.74) is 8.31. The number of phenols is 4. The summed E-state index contributed by atoms with van der Waals surface area (Å²) < 4.78 is 0. The van der Waals surface area contributed by atoms with Gasteiger partial charge in [0.05, 0.1) is 0 Å². The summed E-state index contributed by atoms with van der Waals surface area (Å²) in [5, 5.41) is 43.1. The number of hydrogen-bond acceptors (Lipinski definition) is 4. The summed E-state index contributed by atoms with van der Waals surface area (Å²) >= 11 is 0. The molecule has 35 heavy (non-hydrogen) atoms. The van der Waals surface area contributed by atoms with Crippen LogP contribution < -0.4 is 0 Å². The predicted molar refractivity (Wildman–Crippen MR) is 140 cm³/mol. The molecule has 4 rings (SSSR count). The van der Waals surface area contributed by atoms with E-state index >= 15 is 0 Å². The van der Waals surface area contributed by atoms with Gasteiger partial charge < -0.3 is 20.4 Å². The zero-order valence-corrected chi connectivity index (χ0v) is 20.7. The third-order valence-electron chi connectivity index (χ3n) is 6.93. The molecule has 0 amide bonds. The quantitative estimate of drug-likeness (QED) is 0.260. The van der Waals surface area contributed by atoms with Gasteiger partial charge in [-0.2, -0.15) is 0 Å². The third-order valence-corrected chi connectivity index (χ3v) is 6.93. The van der Waals surface area contributed by atoms with E-state index in [0.717, 1.165) is 50.1 Å². The van der Waals surface area contributed by atoms with Gasteiger partial charge in [-0.1, -0.05) is 48.5 Å². The Morgan fingerprint density at radius 1 is 0.486 bits per heavy atom. The molecule has 0 saturated carbocycles. The van der Waals surface area contributed by atoms with E-state index in [0.29, 0.717) is 24.8 Å². The van der Waals surface area contributed by atoms with Crippen LogP contribution in [0.15, 0.2) is 60.7 Å². The van der Waals surface area contributed by atoms with Crippen molar-refractivity contribution < 1.29 is 20.4 Å². The molecule has 0 heterocycles. The van der Waals surface area contributed by atoms with Crippen LogP contribution in [0.25, 0.3) is 0 Å². The Labute approximate surface area is 206 Å². The standard InChI is InChI=1S/C31H32O4/c1-18-8-11-22(29(33)14-18)15-26-20(3)10-13-24(31(26)35)17-27-21(4)9-12-23(30(27)34)16-25-19(2)6-5-7-28(25)32/h5-14,32-35H,15-17H2,1-4H3. The average Bonchev–Trinajstić information content (AvgIpc) is 2.80. The van der Waals surface area contributed by atoms with E-state index in [1.165, 1.54) is 0 Å². The topological polar surface area (TPSA) is 80.9 Å². The van der Waals surface area contributed by atoms with Crippen molar-refractivity contribution in [3.05, 3.63) is 116 Å². The molecule has 4 aromatic rings. The highest BCUT2D eigenvalue weighted by molar-refractivity contribution is 5.55. The molecule has 0 unspecified atom stereocenters. The van der Waals surface area contributed by atoms with Gasteiger partial charge in [-0.15, -0.1) is 0 Å². The lowest BCUT2D eigenvalue weighted by atomic mass is 9.90. The van der Waals surface area contributed by atoms with E-state index in [9.17, 15) is 20.4 Å². The second kappa shape index (κ2) is 9.75. The molecule has 4 heteroatoms. The van der Waals surface area contributed by atoms with Gasteiger partial charge in [-0.05, 0) is 78.8 Å². The molecule has 0 aliphatic rings. The van der Waals surface area contributed by atoms with Crippen LogP contribution in [0, 0.1) is 27.7 Å². The molecule has 0 aliphatic carbocycles. The van der Waals surface area contributed by atoms with Crippen molar-refractivity contribution in [2.45, 2.75) is 47.0 Å². The van der Waals surface area contributed by atoms with E-state index in [1.54, 1.807) is 12.1 Å². The fourth-order valence-corrected chi connectivity index (χ4v) is 4.61. The molecule has 0 atom stereocenters. The Bertz CT molecular complexity index is 1380. The van der Waals surface area contributed by atoms with Crippen molar-refractivity contribution in [2.24, 2.45) is 0 Å². The zero-order chi connectivity index (χ0) is 25.3. The maximum atomic E-state index is 11.2. The highest BCUT2D eigenvalue weighted by Crippen LogP contribution is 2.36. The van der Waals surface area contributed by atoms with E-state index in [1.807, 2.05) is 76.2 Å². The maximum Gasteiger partial charge on any atom is 0.122 e. The number of aromatic hydroxyl groups is 4. The van der Waals surface area contributed by atoms with Crippen LogP contribution in [0.2, 0.25) is 0 Å². The van der Waals surface area contributed by atoms with Gasteiger partial charge in [-0.25, -0.2) is 0 Å². The zero-order valence-electron chi connectivity index (χ0n) is 20.7. The predicted octanol–water partition coefficient (Wildman–Crippen LogP) is 6.52. The molecule has 0 spiro atoms. The van der Waals surface area contributed by atoms with Gasteiger partial charge in [0.15, 0.2) is 0 Å². The molecule has 180 valence electrons. The lowest BCUT2D eigenvalue weighted by Gasteiger charge is -2.17. The highest BCUT2D eigenvalue weighted by Gasteiger charge is 2.18. The number of hydrogen-bond donors (Lipinski definition) is 4. The van der Waals surface area contributed by atoms with Crippen LogP contribution in [0.3, 0.4) is 0 Å². The van der Waals surface area contributed by atoms with Gasteiger partial charge in [0.2, 0.25) is 0 Å². The fourth-order valence-electron chi connectivity index (χ4n) is 4.61. The Hall–Kier alpha value is -3.92. The molecule has 4 aromatic carbocycles. The van der Waals surface area contributed by atoms with Crippen LogP contribution in [0.5, 0.6) is 23.0 Å². The van der Waals surface area contributed by atoms with E-state index in [4.69, 9.17) is 0 Å². The van der Waals surface area contributed by atoms with Crippen LogP contribution in [-0.4, -0.2) is 20.4 Å². The van der Waals surface area contributed by atoms with Crippen molar-refractivity contribution in [1.82, 2.24) is 0 Å². The number of aryl methyl sites for hydroxylation is 4.